The summed E-state index contributed by atoms with van der Waals surface area (Å²) in [4.78, 5) is 12.0. The molecule has 2 rings (SSSR count). The van der Waals surface area contributed by atoms with Gasteiger partial charge in [-0.05, 0) is 76.2 Å². The third kappa shape index (κ3) is 6.16. The highest BCUT2D eigenvalue weighted by Crippen LogP contribution is 2.22. The third-order valence-electron chi connectivity index (χ3n) is 3.66. The fourth-order valence-electron chi connectivity index (χ4n) is 2.36. The molecule has 28 heavy (non-hydrogen) atoms. The number of rotatable bonds is 9. The van der Waals surface area contributed by atoms with E-state index in [-0.39, 0.29) is 16.8 Å². The summed E-state index contributed by atoms with van der Waals surface area (Å²) in [5.74, 6) is 0.845. The number of anilines is 1. The third-order valence-corrected chi connectivity index (χ3v) is 5.06. The quantitative estimate of drug-likeness (QED) is 0.667. The molecule has 0 aromatic heterocycles. The van der Waals surface area contributed by atoms with Crippen molar-refractivity contribution in [3.8, 4) is 11.5 Å². The molecule has 7 nitrogen and oxygen atoms in total. The number of hydrogen-bond donors (Lipinski definition) is 2. The molecular formula is C20H26N2O5S. The summed E-state index contributed by atoms with van der Waals surface area (Å²) in [5, 5.41) is 2.76. The molecule has 0 saturated heterocycles. The van der Waals surface area contributed by atoms with Crippen LogP contribution in [0.2, 0.25) is 0 Å². The minimum Gasteiger partial charge on any atom is -0.494 e. The summed E-state index contributed by atoms with van der Waals surface area (Å²) >= 11 is 0. The Morgan fingerprint density at radius 1 is 0.964 bits per heavy atom. The Labute approximate surface area is 166 Å². The Balaban J connectivity index is 2.03. The van der Waals surface area contributed by atoms with E-state index >= 15 is 0 Å². The number of sulfonamides is 1. The van der Waals surface area contributed by atoms with Crippen LogP contribution in [-0.2, 0) is 14.8 Å². The Morgan fingerprint density at radius 2 is 1.54 bits per heavy atom. The molecular weight excluding hydrogens is 380 g/mol. The minimum atomic E-state index is -3.74. The van der Waals surface area contributed by atoms with Gasteiger partial charge in [-0.2, -0.15) is 0 Å². The van der Waals surface area contributed by atoms with Crippen molar-refractivity contribution >= 4 is 21.6 Å². The highest BCUT2D eigenvalue weighted by molar-refractivity contribution is 7.92. The maximum absolute atomic E-state index is 12.5. The van der Waals surface area contributed by atoms with E-state index in [1.165, 1.54) is 24.3 Å². The van der Waals surface area contributed by atoms with E-state index in [1.807, 2.05) is 20.8 Å². The lowest BCUT2D eigenvalue weighted by atomic mass is 10.3. The number of carbonyl (C=O) groups excluding carboxylic acids is 1. The van der Waals surface area contributed by atoms with Gasteiger partial charge in [-0.15, -0.1) is 0 Å². The van der Waals surface area contributed by atoms with Crippen LogP contribution < -0.4 is 19.5 Å². The first-order valence-corrected chi connectivity index (χ1v) is 10.5. The summed E-state index contributed by atoms with van der Waals surface area (Å²) in [5.41, 5.74) is 0.433. The van der Waals surface area contributed by atoms with Gasteiger partial charge in [0.25, 0.3) is 15.9 Å². The van der Waals surface area contributed by atoms with Crippen LogP contribution in [0.25, 0.3) is 0 Å². The molecule has 0 fully saturated rings. The van der Waals surface area contributed by atoms with E-state index in [1.54, 1.807) is 31.2 Å². The van der Waals surface area contributed by atoms with Crippen molar-refractivity contribution < 1.29 is 22.7 Å². The van der Waals surface area contributed by atoms with Crippen LogP contribution in [0, 0.1) is 0 Å². The first-order valence-electron chi connectivity index (χ1n) is 9.04. The number of carbonyl (C=O) groups is 1. The fraction of sp³-hybridized carbons (Fsp3) is 0.350. The molecule has 0 unspecified atom stereocenters. The second kappa shape index (κ2) is 9.45. The predicted octanol–water partition coefficient (Wildman–Crippen LogP) is 3.18. The zero-order chi connectivity index (χ0) is 20.7. The number of amides is 1. The van der Waals surface area contributed by atoms with Crippen molar-refractivity contribution in [2.24, 2.45) is 0 Å². The van der Waals surface area contributed by atoms with Crippen LogP contribution in [-0.4, -0.2) is 33.1 Å². The van der Waals surface area contributed by atoms with Gasteiger partial charge in [0.2, 0.25) is 0 Å². The molecule has 0 radical (unpaired) electrons. The maximum atomic E-state index is 12.5. The van der Waals surface area contributed by atoms with E-state index < -0.39 is 16.1 Å². The van der Waals surface area contributed by atoms with E-state index in [4.69, 9.17) is 9.47 Å². The molecule has 0 spiro atoms. The van der Waals surface area contributed by atoms with Gasteiger partial charge in [-0.3, -0.25) is 9.52 Å². The molecule has 0 saturated carbocycles. The number of hydrogen-bond acceptors (Lipinski definition) is 5. The Hall–Kier alpha value is -2.74. The van der Waals surface area contributed by atoms with Crippen LogP contribution in [0.5, 0.6) is 11.5 Å². The van der Waals surface area contributed by atoms with E-state index in [0.717, 1.165) is 0 Å². The molecule has 0 heterocycles. The largest absolute Gasteiger partial charge is 0.494 e. The summed E-state index contributed by atoms with van der Waals surface area (Å²) < 4.78 is 38.5. The smallest absolute Gasteiger partial charge is 0.261 e. The topological polar surface area (TPSA) is 93.7 Å². The normalized spacial score (nSPS) is 12.3. The minimum absolute atomic E-state index is 0.0137. The summed E-state index contributed by atoms with van der Waals surface area (Å²) in [6, 6.07) is 12.6. The second-order valence-electron chi connectivity index (χ2n) is 6.46. The summed E-state index contributed by atoms with van der Waals surface area (Å²) in [6.45, 7) is 7.78. The molecule has 0 aliphatic heterocycles. The van der Waals surface area contributed by atoms with Crippen molar-refractivity contribution in [1.82, 2.24) is 5.32 Å². The lowest BCUT2D eigenvalue weighted by molar-refractivity contribution is -0.127. The molecule has 1 atom stereocenters. The van der Waals surface area contributed by atoms with Crippen molar-refractivity contribution in [3.05, 3.63) is 48.5 Å². The highest BCUT2D eigenvalue weighted by Gasteiger charge is 2.17. The first kappa shape index (κ1) is 21.6. The SMILES string of the molecule is CCOc1ccc(NS(=O)(=O)c2ccc(O[C@@H](C)C(=O)NC(C)C)cc2)cc1. The molecule has 2 aromatic carbocycles. The fourth-order valence-corrected chi connectivity index (χ4v) is 3.42. The molecule has 2 aromatic rings. The van der Waals surface area contributed by atoms with Crippen LogP contribution in [0.15, 0.2) is 53.4 Å². The first-order chi connectivity index (χ1) is 13.2. The van der Waals surface area contributed by atoms with Crippen molar-refractivity contribution in [3.63, 3.8) is 0 Å². The predicted molar refractivity (Wildman–Crippen MR) is 108 cm³/mol. The van der Waals surface area contributed by atoms with E-state index in [2.05, 4.69) is 10.0 Å². The van der Waals surface area contributed by atoms with Gasteiger partial charge in [0.1, 0.15) is 11.5 Å². The van der Waals surface area contributed by atoms with Crippen molar-refractivity contribution in [2.75, 3.05) is 11.3 Å². The van der Waals surface area contributed by atoms with Gasteiger partial charge in [0.15, 0.2) is 6.10 Å². The van der Waals surface area contributed by atoms with Crippen LogP contribution in [0.1, 0.15) is 27.7 Å². The van der Waals surface area contributed by atoms with Gasteiger partial charge in [0, 0.05) is 11.7 Å². The number of benzene rings is 2. The van der Waals surface area contributed by atoms with Crippen LogP contribution in [0.4, 0.5) is 5.69 Å². The zero-order valence-corrected chi connectivity index (χ0v) is 17.2. The molecule has 0 bridgehead atoms. The standard InChI is InChI=1S/C20H26N2O5S/c1-5-26-17-8-6-16(7-9-17)22-28(24,25)19-12-10-18(11-13-19)27-15(4)20(23)21-14(2)3/h6-15,22H,5H2,1-4H3,(H,21,23)/t15-/m0/s1. The second-order valence-corrected chi connectivity index (χ2v) is 8.14. The van der Waals surface area contributed by atoms with E-state index in [9.17, 15) is 13.2 Å². The number of ether oxygens (including phenoxy) is 2. The molecule has 2 N–H and O–H groups in total. The van der Waals surface area contributed by atoms with Crippen molar-refractivity contribution in [2.45, 2.75) is 44.7 Å². The molecule has 0 aliphatic carbocycles. The van der Waals surface area contributed by atoms with Gasteiger partial charge in [0.05, 0.1) is 11.5 Å². The zero-order valence-electron chi connectivity index (χ0n) is 16.4. The summed E-state index contributed by atoms with van der Waals surface area (Å²) in [6.07, 6.45) is -0.688. The Kier molecular flexibility index (Phi) is 7.28. The van der Waals surface area contributed by atoms with Gasteiger partial charge >= 0.3 is 0 Å². The Morgan fingerprint density at radius 3 is 2.07 bits per heavy atom. The lowest BCUT2D eigenvalue weighted by Crippen LogP contribution is -2.40. The van der Waals surface area contributed by atoms with Gasteiger partial charge in [-0.1, -0.05) is 0 Å². The van der Waals surface area contributed by atoms with Crippen LogP contribution >= 0.6 is 0 Å². The molecule has 0 aliphatic rings. The van der Waals surface area contributed by atoms with E-state index in [0.29, 0.717) is 23.8 Å². The summed E-state index contributed by atoms with van der Waals surface area (Å²) in [7, 11) is -3.74. The number of nitrogens with one attached hydrogen (secondary N) is 2. The Bertz CT molecular complexity index is 878. The highest BCUT2D eigenvalue weighted by atomic mass is 32.2. The molecule has 152 valence electrons. The average Bonchev–Trinajstić information content (AvgIpc) is 2.63. The lowest BCUT2D eigenvalue weighted by Gasteiger charge is -2.16. The van der Waals surface area contributed by atoms with Gasteiger partial charge in [-0.25, -0.2) is 8.42 Å². The monoisotopic (exact) mass is 406 g/mol. The van der Waals surface area contributed by atoms with Crippen LogP contribution in [0.3, 0.4) is 0 Å². The average molecular weight is 407 g/mol. The van der Waals surface area contributed by atoms with Gasteiger partial charge < -0.3 is 14.8 Å². The maximum Gasteiger partial charge on any atom is 0.261 e. The molecule has 1 amide bonds. The van der Waals surface area contributed by atoms with Crippen molar-refractivity contribution in [1.29, 1.82) is 0 Å². The molecule has 8 heteroatoms.